The molecule has 6 heterocycles. The van der Waals surface area contributed by atoms with E-state index in [1.807, 2.05) is 198 Å². The van der Waals surface area contributed by atoms with Gasteiger partial charge in [-0.25, -0.2) is 58.7 Å². The van der Waals surface area contributed by atoms with Gasteiger partial charge < -0.3 is 61.6 Å². The minimum absolute atomic E-state index is 0.0221. The van der Waals surface area contributed by atoms with Crippen LogP contribution in [0.15, 0.2) is 261 Å². The lowest BCUT2D eigenvalue weighted by Gasteiger charge is -2.19. The van der Waals surface area contributed by atoms with Crippen LogP contribution in [0.5, 0.6) is 28.7 Å². The number of carbonyl (C=O) groups excluding carboxylic acids is 6. The Bertz CT molecular complexity index is 6360. The highest BCUT2D eigenvalue weighted by Crippen LogP contribution is 2.35. The molecule has 1 atom stereocenters. The molecule has 0 saturated carbocycles. The van der Waals surface area contributed by atoms with Crippen LogP contribution in [0, 0.1) is 11.8 Å². The maximum Gasteiger partial charge on any atom is 0.416 e. The number of halogens is 3. The summed E-state index contributed by atoms with van der Waals surface area (Å²) in [6.45, 7) is 33.3. The first kappa shape index (κ1) is 113. The molecule has 0 aliphatic rings. The van der Waals surface area contributed by atoms with E-state index in [0.29, 0.717) is 75.9 Å². The number of hydrogen-bond acceptors (Lipinski definition) is 25. The van der Waals surface area contributed by atoms with Crippen LogP contribution in [0.1, 0.15) is 227 Å². The average Bonchev–Trinajstić information content (AvgIpc) is 0.828. The molecule has 0 amide bonds. The summed E-state index contributed by atoms with van der Waals surface area (Å²) in [5.74, 6) is 6.31. The van der Waals surface area contributed by atoms with Crippen molar-refractivity contribution in [3.63, 3.8) is 0 Å². The van der Waals surface area contributed by atoms with Gasteiger partial charge in [-0.1, -0.05) is 167 Å². The summed E-state index contributed by atoms with van der Waals surface area (Å²) in [4.78, 5) is 98.5. The number of carbonyl (C=O) groups is 6. The fraction of sp³-hybridized carbons (Fsp3) is 0.304. The van der Waals surface area contributed by atoms with E-state index in [0.717, 1.165) is 85.8 Å². The molecule has 0 N–H and O–H groups in total. The number of ether oxygens (including phenoxy) is 13. The third-order valence-corrected chi connectivity index (χ3v) is 20.0. The van der Waals surface area contributed by atoms with E-state index in [2.05, 4.69) is 81.6 Å². The van der Waals surface area contributed by atoms with E-state index in [4.69, 9.17) is 61.6 Å². The van der Waals surface area contributed by atoms with Gasteiger partial charge in [0.25, 0.3) is 0 Å². The quantitative estimate of drug-likeness (QED) is 0.0239. The molecule has 13 aromatic rings. The minimum Gasteiger partial charge on any atom is -0.497 e. The molecular formula is C115H125F3N6O19. The van der Waals surface area contributed by atoms with Gasteiger partial charge in [0, 0.05) is 107 Å². The summed E-state index contributed by atoms with van der Waals surface area (Å²) in [6.07, 6.45) is -4.68. The summed E-state index contributed by atoms with van der Waals surface area (Å²) < 4.78 is 106. The van der Waals surface area contributed by atoms with Crippen LogP contribution in [0.25, 0.3) is 67.5 Å². The maximum atomic E-state index is 12.6. The maximum absolute atomic E-state index is 12.6. The SMILES string of the molecule is CC(C)OC(=O)c1cccc(-c2ccc(C#Cc3ccccc3)cc2)n1.CC(C)OC(=O)c1cccc(-c2ccc(C(C)(C)C)cc2)n1.CCCOc1ccc(-c2cc(OC)cc(C(=O)OC(C)C)n2)cc1.COCc1ccc(-c2cc(OC)cc(C(=O)OC(C)C)n2)cc1.COc1cc(C(=O)OC(C)C)nc(-c2ccc(C(C)OC)cc2)c1.COc1cc(C(=O)OC(C)C)nc(-c2ccc(C(F)(F)F)cc2)c1. The normalized spacial score (nSPS) is 11.0. The summed E-state index contributed by atoms with van der Waals surface area (Å²) >= 11 is 0. The van der Waals surface area contributed by atoms with Crippen molar-refractivity contribution in [1.29, 1.82) is 0 Å². The molecule has 0 radical (unpaired) electrons. The molecule has 0 aliphatic carbocycles. The average molecular weight is 1950 g/mol. The van der Waals surface area contributed by atoms with E-state index in [1.54, 1.807) is 139 Å². The Morgan fingerprint density at radius 1 is 0.308 bits per heavy atom. The van der Waals surface area contributed by atoms with Crippen molar-refractivity contribution in [1.82, 2.24) is 29.9 Å². The number of methoxy groups -OCH3 is 6. The number of benzene rings is 7. The first-order chi connectivity index (χ1) is 68.1. The van der Waals surface area contributed by atoms with Crippen molar-refractivity contribution in [2.75, 3.05) is 49.3 Å². The highest BCUT2D eigenvalue weighted by atomic mass is 19.4. The lowest BCUT2D eigenvalue weighted by Crippen LogP contribution is -2.13. The van der Waals surface area contributed by atoms with Crippen molar-refractivity contribution in [2.24, 2.45) is 0 Å². The highest BCUT2D eigenvalue weighted by Gasteiger charge is 2.31. The first-order valence-corrected chi connectivity index (χ1v) is 46.4. The fourth-order valence-electron chi connectivity index (χ4n) is 12.9. The van der Waals surface area contributed by atoms with Gasteiger partial charge in [0.1, 0.15) is 40.1 Å². The lowest BCUT2D eigenvalue weighted by atomic mass is 9.86. The molecule has 0 spiro atoms. The molecule has 1 unspecified atom stereocenters. The zero-order valence-electron chi connectivity index (χ0n) is 85.1. The number of pyridine rings is 6. The van der Waals surface area contributed by atoms with E-state index in [-0.39, 0.29) is 76.9 Å². The minimum atomic E-state index is -4.41. The summed E-state index contributed by atoms with van der Waals surface area (Å²) in [7, 11) is 9.42. The molecule has 7 aromatic carbocycles. The summed E-state index contributed by atoms with van der Waals surface area (Å²) in [6, 6.07) is 77.5. The van der Waals surface area contributed by atoms with Crippen molar-refractivity contribution >= 4 is 35.8 Å². The topological polar surface area (TPSA) is 300 Å². The van der Waals surface area contributed by atoms with E-state index in [1.165, 1.54) is 36.9 Å². The van der Waals surface area contributed by atoms with Crippen molar-refractivity contribution in [2.45, 2.75) is 185 Å². The van der Waals surface area contributed by atoms with Crippen LogP contribution < -0.4 is 23.7 Å². The van der Waals surface area contributed by atoms with Crippen LogP contribution in [0.4, 0.5) is 13.2 Å². The van der Waals surface area contributed by atoms with Gasteiger partial charge >= 0.3 is 42.0 Å². The molecular weight excluding hydrogens is 1830 g/mol. The van der Waals surface area contributed by atoms with Crippen LogP contribution in [-0.4, -0.2) is 152 Å². The zero-order valence-corrected chi connectivity index (χ0v) is 85.1. The van der Waals surface area contributed by atoms with Crippen molar-refractivity contribution in [3.8, 4) is 108 Å². The Kier molecular flexibility index (Phi) is 43.8. The predicted molar refractivity (Wildman–Crippen MR) is 546 cm³/mol. The van der Waals surface area contributed by atoms with Gasteiger partial charge in [-0.2, -0.15) is 13.2 Å². The molecule has 0 bridgehead atoms. The second-order valence-corrected chi connectivity index (χ2v) is 34.7. The third-order valence-electron chi connectivity index (χ3n) is 20.0. The van der Waals surface area contributed by atoms with Crippen molar-refractivity contribution < 1.29 is 104 Å². The smallest absolute Gasteiger partial charge is 0.416 e. The number of alkyl halides is 3. The Hall–Kier alpha value is -15.5. The lowest BCUT2D eigenvalue weighted by molar-refractivity contribution is -0.137. The number of nitrogens with zero attached hydrogens (tertiary/aromatic N) is 6. The second-order valence-electron chi connectivity index (χ2n) is 34.7. The summed E-state index contributed by atoms with van der Waals surface area (Å²) in [5, 5.41) is 0. The highest BCUT2D eigenvalue weighted by molar-refractivity contribution is 5.92. The Labute approximate surface area is 835 Å². The van der Waals surface area contributed by atoms with Gasteiger partial charge in [-0.3, -0.25) is 0 Å². The van der Waals surface area contributed by atoms with Gasteiger partial charge in [-0.05, 0) is 203 Å². The van der Waals surface area contributed by atoms with Gasteiger partial charge in [0.05, 0.1) is 124 Å². The van der Waals surface area contributed by atoms with E-state index in [9.17, 15) is 41.9 Å². The molecule has 0 saturated heterocycles. The fourth-order valence-corrected chi connectivity index (χ4v) is 12.9. The van der Waals surface area contributed by atoms with E-state index < -0.39 is 41.6 Å². The predicted octanol–water partition coefficient (Wildman–Crippen LogP) is 25.3. The molecule has 28 heteroatoms. The van der Waals surface area contributed by atoms with Crippen molar-refractivity contribution in [3.05, 3.63) is 328 Å². The standard InChI is InChI=1S/C23H19NO2.2C19H23NO4.C19H23NO2.C18H21NO4.C17H16F3NO3/c1-17(2)26-23(25)22-10-6-9-21(24-22)20-15-13-19(14-16-20)12-11-18-7-4-3-5-8-18;1-12(2)24-19(21)18-11-16(23-5)10-17(20-18)15-8-6-14(7-9-15)13(3)22-4;1-5-10-23-15-8-6-14(7-9-15)17-11-16(22-4)12-18(20-17)19(21)24-13(2)3;1-13(2)22-18(21)17-8-6-7-16(20-17)14-9-11-15(12-10-14)19(3,4)5;1-12(2)23-18(20)17-10-15(22-4)9-16(19-17)14-7-5-13(6-8-14)11-21-3;1-10(2)24-16(22)15-9-13(23-3)8-14(21-15)11-4-6-12(7-5-11)17(18,19)20/h3-10,13-17H,1-2H3;6-13H,1-5H3;6-9,11-13H,5,10H2,1-4H3;6-13H,1-5H3;5-10,12H,11H2,1-4H3;4-10H,1-3H3. The largest absolute Gasteiger partial charge is 0.497 e. The second kappa shape index (κ2) is 55.5. The van der Waals surface area contributed by atoms with Crippen LogP contribution >= 0.6 is 0 Å². The van der Waals surface area contributed by atoms with Gasteiger partial charge in [-0.15, -0.1) is 0 Å². The number of aromatic nitrogens is 6. The van der Waals surface area contributed by atoms with E-state index >= 15 is 0 Å². The Balaban J connectivity index is 0.000000210. The monoisotopic (exact) mass is 1950 g/mol. The molecule has 6 aromatic heterocycles. The molecule has 0 aliphatic heterocycles. The number of esters is 6. The van der Waals surface area contributed by atoms with Crippen LogP contribution in [0.2, 0.25) is 0 Å². The number of rotatable bonds is 29. The first-order valence-electron chi connectivity index (χ1n) is 46.4. The molecule has 0 fully saturated rings. The van der Waals surface area contributed by atoms with Gasteiger partial charge in [0.15, 0.2) is 22.8 Å². The molecule has 25 nitrogen and oxygen atoms in total. The number of hydrogen-bond donors (Lipinski definition) is 0. The van der Waals surface area contributed by atoms with Crippen LogP contribution in [-0.2, 0) is 56.1 Å². The Morgan fingerprint density at radius 3 is 0.895 bits per heavy atom. The third kappa shape index (κ3) is 36.9. The molecule has 13 rings (SSSR count). The summed E-state index contributed by atoms with van der Waals surface area (Å²) in [5.41, 5.74) is 14.8. The van der Waals surface area contributed by atoms with Crippen LogP contribution in [0.3, 0.4) is 0 Å². The molecule has 143 heavy (non-hydrogen) atoms. The molecule has 750 valence electrons. The van der Waals surface area contributed by atoms with Gasteiger partial charge in [0.2, 0.25) is 0 Å². The zero-order chi connectivity index (χ0) is 105. The Morgan fingerprint density at radius 2 is 0.594 bits per heavy atom.